The fourth-order valence-corrected chi connectivity index (χ4v) is 1.76. The molecule has 1 atom stereocenters. The lowest BCUT2D eigenvalue weighted by Crippen LogP contribution is -2.35. The number of carbonyl (C=O) groups is 2. The summed E-state index contributed by atoms with van der Waals surface area (Å²) in [5.41, 5.74) is 6.58. The van der Waals surface area contributed by atoms with Crippen molar-refractivity contribution in [3.05, 3.63) is 29.8 Å². The third-order valence-corrected chi connectivity index (χ3v) is 2.89. The summed E-state index contributed by atoms with van der Waals surface area (Å²) in [5.74, 6) is -0.735. The lowest BCUT2D eigenvalue weighted by molar-refractivity contribution is -0.117. The van der Waals surface area contributed by atoms with E-state index >= 15 is 0 Å². The van der Waals surface area contributed by atoms with E-state index in [0.717, 1.165) is 12.8 Å². The summed E-state index contributed by atoms with van der Waals surface area (Å²) in [6.45, 7) is 4.07. The van der Waals surface area contributed by atoms with E-state index in [0.29, 0.717) is 17.7 Å². The van der Waals surface area contributed by atoms with Crippen LogP contribution in [0.5, 0.6) is 0 Å². The smallest absolute Gasteiger partial charge is 0.340 e. The van der Waals surface area contributed by atoms with Crippen LogP contribution in [-0.4, -0.2) is 24.5 Å². The molecule has 0 aliphatic rings. The zero-order chi connectivity index (χ0) is 15.0. The minimum atomic E-state index is -0.565. The van der Waals surface area contributed by atoms with E-state index in [4.69, 9.17) is 10.5 Å². The molecule has 0 aromatic heterocycles. The molecule has 0 spiro atoms. The standard InChI is InChI=1S/C15H22N2O3/c1-3-5-9-12(16)14(18)17-13-10-7-6-8-11(13)15(19)20-4-2/h6-8,10,12H,3-5,9,16H2,1-2H3,(H,17,18)/t12-/m0/s1. The van der Waals surface area contributed by atoms with Crippen molar-refractivity contribution in [1.82, 2.24) is 0 Å². The zero-order valence-corrected chi connectivity index (χ0v) is 12.0. The number of amides is 1. The SMILES string of the molecule is CCCC[C@H](N)C(=O)Nc1ccccc1C(=O)OCC. The fraction of sp³-hybridized carbons (Fsp3) is 0.467. The van der Waals surface area contributed by atoms with Crippen LogP contribution in [0.1, 0.15) is 43.5 Å². The zero-order valence-electron chi connectivity index (χ0n) is 12.0. The van der Waals surface area contributed by atoms with Gasteiger partial charge >= 0.3 is 5.97 Å². The molecule has 1 rings (SSSR count). The Morgan fingerprint density at radius 3 is 2.65 bits per heavy atom. The third kappa shape index (κ3) is 4.66. The highest BCUT2D eigenvalue weighted by Gasteiger charge is 2.17. The Morgan fingerprint density at radius 1 is 1.30 bits per heavy atom. The quantitative estimate of drug-likeness (QED) is 0.750. The number of nitrogens with one attached hydrogen (secondary N) is 1. The van der Waals surface area contributed by atoms with Gasteiger partial charge in [0, 0.05) is 0 Å². The van der Waals surface area contributed by atoms with E-state index < -0.39 is 12.0 Å². The summed E-state index contributed by atoms with van der Waals surface area (Å²) in [5, 5.41) is 2.69. The molecule has 0 saturated carbocycles. The Balaban J connectivity index is 2.76. The van der Waals surface area contributed by atoms with Crippen LogP contribution >= 0.6 is 0 Å². The number of hydrogen-bond donors (Lipinski definition) is 2. The predicted octanol–water partition coefficient (Wildman–Crippen LogP) is 2.32. The van der Waals surface area contributed by atoms with E-state index in [1.807, 2.05) is 6.92 Å². The Kier molecular flexibility index (Phi) is 6.73. The van der Waals surface area contributed by atoms with Gasteiger partial charge in [0.15, 0.2) is 0 Å². The molecule has 20 heavy (non-hydrogen) atoms. The molecule has 0 unspecified atom stereocenters. The average Bonchev–Trinajstić information content (AvgIpc) is 2.45. The van der Waals surface area contributed by atoms with Gasteiger partial charge in [0.05, 0.1) is 23.9 Å². The number of rotatable bonds is 7. The highest BCUT2D eigenvalue weighted by atomic mass is 16.5. The molecule has 0 aliphatic carbocycles. The van der Waals surface area contributed by atoms with Gasteiger partial charge in [-0.3, -0.25) is 4.79 Å². The van der Waals surface area contributed by atoms with E-state index in [2.05, 4.69) is 5.32 Å². The Hall–Kier alpha value is -1.88. The topological polar surface area (TPSA) is 81.4 Å². The molecule has 0 fully saturated rings. The first kappa shape index (κ1) is 16.2. The molecule has 0 aliphatic heterocycles. The van der Waals surface area contributed by atoms with Crippen molar-refractivity contribution in [2.24, 2.45) is 5.73 Å². The van der Waals surface area contributed by atoms with Gasteiger partial charge < -0.3 is 15.8 Å². The van der Waals surface area contributed by atoms with E-state index in [-0.39, 0.29) is 12.5 Å². The lowest BCUT2D eigenvalue weighted by Gasteiger charge is -2.14. The van der Waals surface area contributed by atoms with Gasteiger partial charge in [0.2, 0.25) is 5.91 Å². The first-order valence-corrected chi connectivity index (χ1v) is 6.92. The second-order valence-corrected chi connectivity index (χ2v) is 4.50. The van der Waals surface area contributed by atoms with Crippen molar-refractivity contribution in [2.45, 2.75) is 39.2 Å². The normalized spacial score (nSPS) is 11.8. The number of ether oxygens (including phenoxy) is 1. The summed E-state index contributed by atoms with van der Waals surface area (Å²) < 4.78 is 4.95. The number of carbonyl (C=O) groups excluding carboxylic acids is 2. The van der Waals surface area contributed by atoms with Gasteiger partial charge in [-0.2, -0.15) is 0 Å². The second kappa shape index (κ2) is 8.32. The molecule has 0 bridgehead atoms. The van der Waals surface area contributed by atoms with Crippen molar-refractivity contribution in [1.29, 1.82) is 0 Å². The van der Waals surface area contributed by atoms with Gasteiger partial charge in [-0.25, -0.2) is 4.79 Å². The highest BCUT2D eigenvalue weighted by Crippen LogP contribution is 2.16. The lowest BCUT2D eigenvalue weighted by atomic mass is 10.1. The first-order chi connectivity index (χ1) is 9.60. The molecule has 0 radical (unpaired) electrons. The number of hydrogen-bond acceptors (Lipinski definition) is 4. The number of esters is 1. The summed E-state index contributed by atoms with van der Waals surface area (Å²) in [6, 6.07) is 6.18. The maximum absolute atomic E-state index is 12.0. The molecule has 0 saturated heterocycles. The number of nitrogens with two attached hydrogens (primary N) is 1. The molecule has 3 N–H and O–H groups in total. The van der Waals surface area contributed by atoms with Crippen LogP contribution < -0.4 is 11.1 Å². The molecule has 1 aromatic rings. The number of anilines is 1. The number of para-hydroxylation sites is 1. The summed E-state index contributed by atoms with van der Waals surface area (Å²) >= 11 is 0. The van der Waals surface area contributed by atoms with Crippen molar-refractivity contribution in [3.8, 4) is 0 Å². The molecular formula is C15H22N2O3. The van der Waals surface area contributed by atoms with E-state index in [1.54, 1.807) is 31.2 Å². The van der Waals surface area contributed by atoms with Crippen LogP contribution in [-0.2, 0) is 9.53 Å². The minimum Gasteiger partial charge on any atom is -0.462 e. The monoisotopic (exact) mass is 278 g/mol. The molecule has 0 heterocycles. The van der Waals surface area contributed by atoms with Crippen molar-refractivity contribution < 1.29 is 14.3 Å². The van der Waals surface area contributed by atoms with Crippen molar-refractivity contribution in [3.63, 3.8) is 0 Å². The van der Waals surface area contributed by atoms with Crippen LogP contribution in [0.2, 0.25) is 0 Å². The molecule has 5 nitrogen and oxygen atoms in total. The largest absolute Gasteiger partial charge is 0.462 e. The van der Waals surface area contributed by atoms with Gasteiger partial charge in [-0.15, -0.1) is 0 Å². The minimum absolute atomic E-state index is 0.282. The maximum atomic E-state index is 12.0. The summed E-state index contributed by atoms with van der Waals surface area (Å²) in [7, 11) is 0. The Labute approximate surface area is 119 Å². The van der Waals surface area contributed by atoms with E-state index in [1.165, 1.54) is 0 Å². The summed E-state index contributed by atoms with van der Waals surface area (Å²) in [4.78, 5) is 23.7. The maximum Gasteiger partial charge on any atom is 0.340 e. The highest BCUT2D eigenvalue weighted by molar-refractivity contribution is 6.02. The van der Waals surface area contributed by atoms with E-state index in [9.17, 15) is 9.59 Å². The van der Waals surface area contributed by atoms with Crippen LogP contribution in [0.25, 0.3) is 0 Å². The first-order valence-electron chi connectivity index (χ1n) is 6.92. The van der Waals surface area contributed by atoms with Crippen LogP contribution in [0.3, 0.4) is 0 Å². The molecule has 1 aromatic carbocycles. The van der Waals surface area contributed by atoms with Crippen molar-refractivity contribution in [2.75, 3.05) is 11.9 Å². The second-order valence-electron chi connectivity index (χ2n) is 4.50. The Bertz CT molecular complexity index is 460. The van der Waals surface area contributed by atoms with Crippen LogP contribution in [0, 0.1) is 0 Å². The van der Waals surface area contributed by atoms with Crippen LogP contribution in [0.15, 0.2) is 24.3 Å². The van der Waals surface area contributed by atoms with Gasteiger partial charge in [0.25, 0.3) is 0 Å². The average molecular weight is 278 g/mol. The van der Waals surface area contributed by atoms with Gasteiger partial charge in [-0.1, -0.05) is 31.9 Å². The Morgan fingerprint density at radius 2 is 2.00 bits per heavy atom. The molecule has 1 amide bonds. The van der Waals surface area contributed by atoms with Gasteiger partial charge in [-0.05, 0) is 25.5 Å². The molecule has 110 valence electrons. The van der Waals surface area contributed by atoms with Crippen molar-refractivity contribution >= 4 is 17.6 Å². The van der Waals surface area contributed by atoms with Gasteiger partial charge in [0.1, 0.15) is 0 Å². The third-order valence-electron chi connectivity index (χ3n) is 2.89. The number of benzene rings is 1. The fourth-order valence-electron chi connectivity index (χ4n) is 1.76. The number of unbranched alkanes of at least 4 members (excludes halogenated alkanes) is 1. The summed E-state index contributed by atoms with van der Waals surface area (Å²) in [6.07, 6.45) is 2.51. The molecular weight excluding hydrogens is 256 g/mol. The predicted molar refractivity (Wildman–Crippen MR) is 78.5 cm³/mol. The molecule has 5 heteroatoms. The van der Waals surface area contributed by atoms with Crippen LogP contribution in [0.4, 0.5) is 5.69 Å².